The van der Waals surface area contributed by atoms with E-state index >= 15 is 0 Å². The first-order valence-electron chi connectivity index (χ1n) is 6.50. The number of rotatable bonds is 5. The van der Waals surface area contributed by atoms with Crippen LogP contribution in [0.4, 0.5) is 0 Å². The summed E-state index contributed by atoms with van der Waals surface area (Å²) in [6.45, 7) is 1.91. The van der Waals surface area contributed by atoms with Crippen LogP contribution in [0.3, 0.4) is 0 Å². The summed E-state index contributed by atoms with van der Waals surface area (Å²) in [6, 6.07) is 3.32. The zero-order valence-corrected chi connectivity index (χ0v) is 11.0. The van der Waals surface area contributed by atoms with E-state index in [9.17, 15) is 14.4 Å². The molecule has 1 aromatic heterocycles. The van der Waals surface area contributed by atoms with E-state index in [-0.39, 0.29) is 30.9 Å². The third-order valence-electron chi connectivity index (χ3n) is 3.23. The number of ketones is 1. The van der Waals surface area contributed by atoms with Crippen LogP contribution >= 0.6 is 0 Å². The van der Waals surface area contributed by atoms with Crippen LogP contribution < -0.4 is 5.56 Å². The number of ether oxygens (including phenoxy) is 1. The topological polar surface area (TPSA) is 65.4 Å². The minimum Gasteiger partial charge on any atom is -0.466 e. The Bertz CT molecular complexity index is 559. The fourth-order valence-corrected chi connectivity index (χ4v) is 2.41. The highest BCUT2D eigenvalue weighted by Gasteiger charge is 2.18. The molecule has 19 heavy (non-hydrogen) atoms. The number of fused-ring (bicyclic) bond motifs is 1. The first-order valence-corrected chi connectivity index (χ1v) is 6.50. The Kier molecular flexibility index (Phi) is 4.14. The predicted octanol–water partition coefficient (Wildman–Crippen LogP) is 0.859. The molecule has 0 spiro atoms. The van der Waals surface area contributed by atoms with Gasteiger partial charge in [-0.25, -0.2) is 0 Å². The van der Waals surface area contributed by atoms with Gasteiger partial charge in [0.2, 0.25) is 0 Å². The van der Waals surface area contributed by atoms with Crippen molar-refractivity contribution in [1.82, 2.24) is 4.57 Å². The summed E-state index contributed by atoms with van der Waals surface area (Å²) in [7, 11) is 0. The van der Waals surface area contributed by atoms with Gasteiger partial charge in [-0.3, -0.25) is 14.4 Å². The van der Waals surface area contributed by atoms with Crippen LogP contribution in [0, 0.1) is 0 Å². The summed E-state index contributed by atoms with van der Waals surface area (Å²) in [5, 5.41) is 0. The van der Waals surface area contributed by atoms with E-state index in [4.69, 9.17) is 4.74 Å². The molecule has 2 rings (SSSR count). The van der Waals surface area contributed by atoms with E-state index in [1.807, 2.05) is 6.07 Å². The summed E-state index contributed by atoms with van der Waals surface area (Å²) in [6.07, 6.45) is 2.49. The number of esters is 1. The molecular formula is C14H17NO4. The van der Waals surface area contributed by atoms with Crippen LogP contribution in [0.15, 0.2) is 16.9 Å². The number of pyridine rings is 1. The second kappa shape index (κ2) is 5.82. The summed E-state index contributed by atoms with van der Waals surface area (Å²) in [5.74, 6) is -0.825. The van der Waals surface area contributed by atoms with Crippen LogP contribution in [-0.4, -0.2) is 22.9 Å². The third-order valence-corrected chi connectivity index (χ3v) is 3.23. The predicted molar refractivity (Wildman–Crippen MR) is 69.0 cm³/mol. The van der Waals surface area contributed by atoms with Crippen molar-refractivity contribution in [3.05, 3.63) is 33.7 Å². The zero-order chi connectivity index (χ0) is 13.8. The van der Waals surface area contributed by atoms with E-state index in [2.05, 4.69) is 0 Å². The lowest BCUT2D eigenvalue weighted by Gasteiger charge is -2.10. The minimum atomic E-state index is -0.534. The van der Waals surface area contributed by atoms with Crippen molar-refractivity contribution in [1.29, 1.82) is 0 Å². The van der Waals surface area contributed by atoms with Crippen molar-refractivity contribution in [2.24, 2.45) is 0 Å². The van der Waals surface area contributed by atoms with Gasteiger partial charge in [0, 0.05) is 11.8 Å². The Balaban J connectivity index is 2.11. The molecule has 0 bridgehead atoms. The monoisotopic (exact) mass is 263 g/mol. The molecule has 102 valence electrons. The molecule has 1 heterocycles. The highest BCUT2D eigenvalue weighted by Crippen LogP contribution is 2.19. The fraction of sp³-hybridized carbons (Fsp3) is 0.500. The maximum atomic E-state index is 11.8. The average molecular weight is 263 g/mol. The van der Waals surface area contributed by atoms with Crippen molar-refractivity contribution in [3.8, 4) is 0 Å². The number of aromatic nitrogens is 1. The first kappa shape index (κ1) is 13.5. The Morgan fingerprint density at radius 2 is 2.11 bits per heavy atom. The Hall–Kier alpha value is -1.91. The van der Waals surface area contributed by atoms with E-state index in [0.717, 1.165) is 30.5 Å². The molecule has 1 aliphatic rings. The molecular weight excluding hydrogens is 246 g/mol. The molecule has 0 saturated heterocycles. The molecule has 1 aromatic rings. The van der Waals surface area contributed by atoms with Crippen LogP contribution in [-0.2, 0) is 33.7 Å². The van der Waals surface area contributed by atoms with E-state index in [1.165, 1.54) is 10.6 Å². The Morgan fingerprint density at radius 1 is 1.32 bits per heavy atom. The summed E-state index contributed by atoms with van der Waals surface area (Å²) >= 11 is 0. The molecule has 0 aliphatic heterocycles. The lowest BCUT2D eigenvalue weighted by Crippen LogP contribution is -2.27. The Labute approximate surface area is 111 Å². The second-order valence-electron chi connectivity index (χ2n) is 4.60. The van der Waals surface area contributed by atoms with Crippen molar-refractivity contribution in [2.75, 3.05) is 6.61 Å². The number of Topliss-reactive ketones (excluding diaryl/α,β-unsaturated/α-hetero) is 1. The van der Waals surface area contributed by atoms with Gasteiger partial charge in [-0.1, -0.05) is 6.07 Å². The maximum Gasteiger partial charge on any atom is 0.313 e. The summed E-state index contributed by atoms with van der Waals surface area (Å²) in [5.41, 5.74) is 1.88. The molecule has 0 radical (unpaired) electrons. The van der Waals surface area contributed by atoms with Gasteiger partial charge in [0.1, 0.15) is 6.42 Å². The number of aryl methyl sites for hydroxylation is 1. The van der Waals surface area contributed by atoms with Gasteiger partial charge in [-0.05, 0) is 31.7 Å². The molecule has 0 aromatic carbocycles. The standard InChI is InChI=1S/C14H17NO4/c1-2-19-14(18)8-11(16)9-15-12-5-3-4-10(12)6-7-13(15)17/h6-7H,2-5,8-9H2,1H3. The quantitative estimate of drug-likeness (QED) is 0.584. The normalized spacial score (nSPS) is 13.1. The molecule has 5 heteroatoms. The Morgan fingerprint density at radius 3 is 2.84 bits per heavy atom. The van der Waals surface area contributed by atoms with Crippen molar-refractivity contribution in [2.45, 2.75) is 39.2 Å². The van der Waals surface area contributed by atoms with Crippen molar-refractivity contribution in [3.63, 3.8) is 0 Å². The van der Waals surface area contributed by atoms with E-state index in [1.54, 1.807) is 6.92 Å². The van der Waals surface area contributed by atoms with E-state index < -0.39 is 5.97 Å². The first-order chi connectivity index (χ1) is 9.11. The number of hydrogen-bond donors (Lipinski definition) is 0. The number of nitrogens with zero attached hydrogens (tertiary/aromatic N) is 1. The molecule has 0 unspecified atom stereocenters. The maximum absolute atomic E-state index is 11.8. The smallest absolute Gasteiger partial charge is 0.313 e. The number of carbonyl (C=O) groups excluding carboxylic acids is 2. The lowest BCUT2D eigenvalue weighted by molar-refractivity contribution is -0.145. The fourth-order valence-electron chi connectivity index (χ4n) is 2.41. The van der Waals surface area contributed by atoms with Gasteiger partial charge < -0.3 is 9.30 Å². The number of carbonyl (C=O) groups is 2. The zero-order valence-electron chi connectivity index (χ0n) is 11.0. The molecule has 0 atom stereocenters. The van der Waals surface area contributed by atoms with E-state index in [0.29, 0.717) is 0 Å². The van der Waals surface area contributed by atoms with Gasteiger partial charge in [-0.15, -0.1) is 0 Å². The third kappa shape index (κ3) is 3.10. The lowest BCUT2D eigenvalue weighted by atomic mass is 10.2. The van der Waals surface area contributed by atoms with Crippen LogP contribution in [0.5, 0.6) is 0 Å². The van der Waals surface area contributed by atoms with Gasteiger partial charge in [0.05, 0.1) is 13.2 Å². The van der Waals surface area contributed by atoms with Crippen LogP contribution in [0.25, 0.3) is 0 Å². The van der Waals surface area contributed by atoms with Gasteiger partial charge in [-0.2, -0.15) is 0 Å². The molecule has 0 saturated carbocycles. The van der Waals surface area contributed by atoms with Gasteiger partial charge in [0.15, 0.2) is 5.78 Å². The largest absolute Gasteiger partial charge is 0.466 e. The van der Waals surface area contributed by atoms with Crippen molar-refractivity contribution < 1.29 is 14.3 Å². The highest BCUT2D eigenvalue weighted by atomic mass is 16.5. The SMILES string of the molecule is CCOC(=O)CC(=O)Cn1c2c(ccc1=O)CCC2. The molecule has 1 aliphatic carbocycles. The molecule has 0 amide bonds. The molecule has 0 N–H and O–H groups in total. The van der Waals surface area contributed by atoms with Gasteiger partial charge >= 0.3 is 5.97 Å². The molecule has 5 nitrogen and oxygen atoms in total. The van der Waals surface area contributed by atoms with Crippen LogP contribution in [0.1, 0.15) is 31.0 Å². The van der Waals surface area contributed by atoms with Gasteiger partial charge in [0.25, 0.3) is 5.56 Å². The second-order valence-corrected chi connectivity index (χ2v) is 4.60. The number of hydrogen-bond acceptors (Lipinski definition) is 4. The summed E-state index contributed by atoms with van der Waals surface area (Å²) in [4.78, 5) is 34.8. The van der Waals surface area contributed by atoms with Crippen LogP contribution in [0.2, 0.25) is 0 Å². The molecule has 0 fully saturated rings. The average Bonchev–Trinajstić information content (AvgIpc) is 2.81. The minimum absolute atomic E-state index is 0.0409. The summed E-state index contributed by atoms with van der Waals surface area (Å²) < 4.78 is 6.22. The highest BCUT2D eigenvalue weighted by molar-refractivity contribution is 5.95. The van der Waals surface area contributed by atoms with Crippen molar-refractivity contribution >= 4 is 11.8 Å².